The standard InChI is InChI=1S/C17H29NO2/c1-13(2)10-11-19-12-17(18-5)15-6-8-16(9-7-15)20-14(3)4/h6-9,13-14,17-18H,10-12H2,1-5H3. The molecule has 0 aliphatic carbocycles. The van der Waals surface area contributed by atoms with Gasteiger partial charge >= 0.3 is 0 Å². The molecule has 0 aliphatic rings. The summed E-state index contributed by atoms with van der Waals surface area (Å²) in [5.74, 6) is 1.61. The molecule has 3 heteroatoms. The third kappa shape index (κ3) is 6.40. The Labute approximate surface area is 123 Å². The highest BCUT2D eigenvalue weighted by atomic mass is 16.5. The molecule has 1 aromatic carbocycles. The molecule has 0 heterocycles. The molecule has 1 unspecified atom stereocenters. The first-order valence-corrected chi connectivity index (χ1v) is 7.54. The summed E-state index contributed by atoms with van der Waals surface area (Å²) in [5, 5.41) is 3.30. The SMILES string of the molecule is CNC(COCCC(C)C)c1ccc(OC(C)C)cc1. The van der Waals surface area contributed by atoms with Crippen LogP contribution in [0.15, 0.2) is 24.3 Å². The lowest BCUT2D eigenvalue weighted by Gasteiger charge is -2.18. The molecule has 0 aliphatic heterocycles. The van der Waals surface area contributed by atoms with E-state index in [2.05, 4.69) is 31.3 Å². The van der Waals surface area contributed by atoms with Crippen LogP contribution in [-0.2, 0) is 4.74 Å². The van der Waals surface area contributed by atoms with Crippen LogP contribution in [0.3, 0.4) is 0 Å². The molecule has 1 rings (SSSR count). The monoisotopic (exact) mass is 279 g/mol. The third-order valence-corrected chi connectivity index (χ3v) is 3.13. The Morgan fingerprint density at radius 3 is 2.20 bits per heavy atom. The zero-order valence-electron chi connectivity index (χ0n) is 13.5. The van der Waals surface area contributed by atoms with Crippen molar-refractivity contribution in [2.24, 2.45) is 5.92 Å². The second-order valence-corrected chi connectivity index (χ2v) is 5.83. The molecule has 0 saturated carbocycles. The number of benzene rings is 1. The molecule has 0 aromatic heterocycles. The summed E-state index contributed by atoms with van der Waals surface area (Å²) < 4.78 is 11.4. The van der Waals surface area contributed by atoms with Gasteiger partial charge in [0, 0.05) is 6.61 Å². The topological polar surface area (TPSA) is 30.5 Å². The lowest BCUT2D eigenvalue weighted by Crippen LogP contribution is -2.22. The average Bonchev–Trinajstić information content (AvgIpc) is 2.39. The molecule has 0 fully saturated rings. The third-order valence-electron chi connectivity index (χ3n) is 3.13. The molecule has 0 saturated heterocycles. The predicted octanol–water partition coefficient (Wildman–Crippen LogP) is 3.80. The van der Waals surface area contributed by atoms with Gasteiger partial charge in [-0.3, -0.25) is 0 Å². The van der Waals surface area contributed by atoms with Crippen molar-refractivity contribution >= 4 is 0 Å². The van der Waals surface area contributed by atoms with Crippen molar-refractivity contribution in [2.75, 3.05) is 20.3 Å². The number of rotatable bonds is 9. The van der Waals surface area contributed by atoms with Gasteiger partial charge in [-0.15, -0.1) is 0 Å². The van der Waals surface area contributed by atoms with Crippen LogP contribution in [0.4, 0.5) is 0 Å². The lowest BCUT2D eigenvalue weighted by molar-refractivity contribution is 0.104. The van der Waals surface area contributed by atoms with Crippen molar-refractivity contribution in [1.29, 1.82) is 0 Å². The van der Waals surface area contributed by atoms with Gasteiger partial charge in [-0.2, -0.15) is 0 Å². The summed E-state index contributed by atoms with van der Waals surface area (Å²) in [7, 11) is 1.97. The summed E-state index contributed by atoms with van der Waals surface area (Å²) in [4.78, 5) is 0. The van der Waals surface area contributed by atoms with E-state index in [9.17, 15) is 0 Å². The van der Waals surface area contributed by atoms with E-state index in [1.807, 2.05) is 33.0 Å². The van der Waals surface area contributed by atoms with E-state index in [0.29, 0.717) is 12.5 Å². The number of ether oxygens (including phenoxy) is 2. The minimum atomic E-state index is 0.209. The van der Waals surface area contributed by atoms with Crippen LogP contribution in [0, 0.1) is 5.92 Å². The Hall–Kier alpha value is -1.06. The van der Waals surface area contributed by atoms with Crippen molar-refractivity contribution in [3.05, 3.63) is 29.8 Å². The van der Waals surface area contributed by atoms with Crippen LogP contribution >= 0.6 is 0 Å². The van der Waals surface area contributed by atoms with Gasteiger partial charge in [-0.05, 0) is 50.9 Å². The summed E-state index contributed by atoms with van der Waals surface area (Å²) in [5.41, 5.74) is 1.23. The molecule has 3 nitrogen and oxygen atoms in total. The maximum atomic E-state index is 5.75. The van der Waals surface area contributed by atoms with Crippen molar-refractivity contribution in [1.82, 2.24) is 5.32 Å². The Bertz CT molecular complexity index is 360. The molecule has 1 N–H and O–H groups in total. The quantitative estimate of drug-likeness (QED) is 0.697. The lowest BCUT2D eigenvalue weighted by atomic mass is 10.1. The number of hydrogen-bond donors (Lipinski definition) is 1. The number of likely N-dealkylation sites (N-methyl/N-ethyl adjacent to an activating group) is 1. The second kappa shape index (κ2) is 8.98. The minimum absolute atomic E-state index is 0.209. The van der Waals surface area contributed by atoms with Gasteiger partial charge in [-0.25, -0.2) is 0 Å². The first kappa shape index (κ1) is 17.0. The molecule has 1 atom stereocenters. The summed E-state index contributed by atoms with van der Waals surface area (Å²) in [6.45, 7) is 10.0. The van der Waals surface area contributed by atoms with E-state index in [4.69, 9.17) is 9.47 Å². The van der Waals surface area contributed by atoms with Crippen molar-refractivity contribution in [2.45, 2.75) is 46.3 Å². The second-order valence-electron chi connectivity index (χ2n) is 5.83. The Balaban J connectivity index is 2.48. The fourth-order valence-electron chi connectivity index (χ4n) is 1.92. The van der Waals surface area contributed by atoms with Gasteiger partial charge in [0.25, 0.3) is 0 Å². The molecule has 20 heavy (non-hydrogen) atoms. The molecular formula is C17H29NO2. The Morgan fingerprint density at radius 1 is 1.05 bits per heavy atom. The van der Waals surface area contributed by atoms with E-state index in [0.717, 1.165) is 18.8 Å². The van der Waals surface area contributed by atoms with E-state index in [1.54, 1.807) is 0 Å². The van der Waals surface area contributed by atoms with Crippen LogP contribution in [0.1, 0.15) is 45.7 Å². The van der Waals surface area contributed by atoms with E-state index >= 15 is 0 Å². The van der Waals surface area contributed by atoms with Crippen LogP contribution in [-0.4, -0.2) is 26.4 Å². The van der Waals surface area contributed by atoms with Gasteiger partial charge in [0.1, 0.15) is 5.75 Å². The van der Waals surface area contributed by atoms with Crippen LogP contribution < -0.4 is 10.1 Å². The van der Waals surface area contributed by atoms with Crippen LogP contribution in [0.2, 0.25) is 0 Å². The first-order chi connectivity index (χ1) is 9.52. The van der Waals surface area contributed by atoms with Crippen LogP contribution in [0.5, 0.6) is 5.75 Å². The van der Waals surface area contributed by atoms with E-state index in [-0.39, 0.29) is 12.1 Å². The molecule has 1 aromatic rings. The van der Waals surface area contributed by atoms with Gasteiger partial charge in [-0.1, -0.05) is 26.0 Å². The normalized spacial score (nSPS) is 12.9. The number of nitrogens with one attached hydrogen (secondary N) is 1. The molecule has 0 spiro atoms. The largest absolute Gasteiger partial charge is 0.491 e. The van der Waals surface area contributed by atoms with Crippen LogP contribution in [0.25, 0.3) is 0 Å². The maximum absolute atomic E-state index is 5.75. The first-order valence-electron chi connectivity index (χ1n) is 7.54. The average molecular weight is 279 g/mol. The summed E-state index contributed by atoms with van der Waals surface area (Å²) >= 11 is 0. The highest BCUT2D eigenvalue weighted by Crippen LogP contribution is 2.19. The zero-order chi connectivity index (χ0) is 15.0. The molecule has 0 radical (unpaired) electrons. The van der Waals surface area contributed by atoms with Crippen molar-refractivity contribution in [3.8, 4) is 5.75 Å². The molecule has 114 valence electrons. The maximum Gasteiger partial charge on any atom is 0.119 e. The van der Waals surface area contributed by atoms with Crippen molar-refractivity contribution < 1.29 is 9.47 Å². The zero-order valence-corrected chi connectivity index (χ0v) is 13.5. The molecule has 0 bridgehead atoms. The van der Waals surface area contributed by atoms with Gasteiger partial charge in [0.2, 0.25) is 0 Å². The molecular weight excluding hydrogens is 250 g/mol. The fourth-order valence-corrected chi connectivity index (χ4v) is 1.92. The highest BCUT2D eigenvalue weighted by Gasteiger charge is 2.10. The summed E-state index contributed by atoms with van der Waals surface area (Å²) in [6.07, 6.45) is 1.32. The van der Waals surface area contributed by atoms with Gasteiger partial charge in [0.05, 0.1) is 18.8 Å². The minimum Gasteiger partial charge on any atom is -0.491 e. The summed E-state index contributed by atoms with van der Waals surface area (Å²) in [6, 6.07) is 8.48. The highest BCUT2D eigenvalue weighted by molar-refractivity contribution is 5.29. The van der Waals surface area contributed by atoms with Gasteiger partial charge in [0.15, 0.2) is 0 Å². The van der Waals surface area contributed by atoms with E-state index in [1.165, 1.54) is 5.56 Å². The fraction of sp³-hybridized carbons (Fsp3) is 0.647. The predicted molar refractivity (Wildman–Crippen MR) is 84.3 cm³/mol. The Morgan fingerprint density at radius 2 is 1.70 bits per heavy atom. The molecule has 0 amide bonds. The number of hydrogen-bond acceptors (Lipinski definition) is 3. The van der Waals surface area contributed by atoms with Crippen molar-refractivity contribution in [3.63, 3.8) is 0 Å². The van der Waals surface area contributed by atoms with E-state index < -0.39 is 0 Å². The smallest absolute Gasteiger partial charge is 0.119 e. The van der Waals surface area contributed by atoms with Gasteiger partial charge < -0.3 is 14.8 Å². The Kier molecular flexibility index (Phi) is 7.63.